The van der Waals surface area contributed by atoms with Gasteiger partial charge in [-0.05, 0) is 55.9 Å². The molecule has 158 valence electrons. The van der Waals surface area contributed by atoms with Crippen LogP contribution in [0.4, 0.5) is 0 Å². The highest BCUT2D eigenvalue weighted by Crippen LogP contribution is 2.34. The van der Waals surface area contributed by atoms with Gasteiger partial charge in [-0.1, -0.05) is 35.5 Å². The van der Waals surface area contributed by atoms with E-state index in [0.29, 0.717) is 23.3 Å². The monoisotopic (exact) mass is 461 g/mol. The summed E-state index contributed by atoms with van der Waals surface area (Å²) in [7, 11) is 1.78. The number of halogens is 1. The van der Waals surface area contributed by atoms with Crippen LogP contribution in [0.3, 0.4) is 0 Å². The van der Waals surface area contributed by atoms with Crippen LogP contribution in [0.1, 0.15) is 35.8 Å². The molecule has 1 amide bonds. The molecule has 4 rings (SSSR count). The normalized spacial score (nSPS) is 13.4. The number of benzene rings is 1. The number of nitrogens with zero attached hydrogens (tertiary/aromatic N) is 3. The largest absolute Gasteiger partial charge is 0.341 e. The minimum absolute atomic E-state index is 0.0116. The zero-order valence-electron chi connectivity index (χ0n) is 17.1. The second-order valence-electron chi connectivity index (χ2n) is 7.50. The van der Waals surface area contributed by atoms with Crippen LogP contribution in [0.15, 0.2) is 34.2 Å². The lowest BCUT2D eigenvalue weighted by molar-refractivity contribution is -0.127. The van der Waals surface area contributed by atoms with Crippen molar-refractivity contribution in [3.05, 3.63) is 55.6 Å². The number of rotatable bonds is 6. The third-order valence-corrected chi connectivity index (χ3v) is 7.80. The van der Waals surface area contributed by atoms with Gasteiger partial charge in [-0.15, -0.1) is 11.3 Å². The van der Waals surface area contributed by atoms with E-state index >= 15 is 0 Å². The highest BCUT2D eigenvalue weighted by atomic mass is 35.5. The Morgan fingerprint density at radius 3 is 2.90 bits per heavy atom. The Bertz CT molecular complexity index is 1160. The minimum atomic E-state index is -0.0116. The number of thiophene rings is 1. The molecule has 1 aliphatic carbocycles. The number of hydrogen-bond acceptors (Lipinski definition) is 5. The summed E-state index contributed by atoms with van der Waals surface area (Å²) in [5, 5.41) is 2.08. The van der Waals surface area contributed by atoms with Crippen molar-refractivity contribution in [2.75, 3.05) is 12.8 Å². The molecule has 0 saturated carbocycles. The predicted octanol–water partition coefficient (Wildman–Crippen LogP) is 4.76. The van der Waals surface area contributed by atoms with Crippen LogP contribution in [0.25, 0.3) is 10.2 Å². The van der Waals surface area contributed by atoms with Crippen molar-refractivity contribution in [2.24, 2.45) is 0 Å². The van der Waals surface area contributed by atoms with Crippen molar-refractivity contribution in [2.45, 2.75) is 50.9 Å². The highest BCUT2D eigenvalue weighted by Gasteiger charge is 2.22. The molecule has 0 atom stereocenters. The minimum Gasteiger partial charge on any atom is -0.341 e. The van der Waals surface area contributed by atoms with Gasteiger partial charge in [0.05, 0.1) is 11.1 Å². The zero-order chi connectivity index (χ0) is 21.3. The standard InChI is InChI=1S/C22H24ClN3O2S2/c1-3-26-21(28)19-16-9-4-5-10-17(16)30-20(19)24-22(26)29-13-18(27)25(2)12-14-7-6-8-15(23)11-14/h6-8,11H,3-5,9-10,12-13H2,1-2H3. The molecule has 8 heteroatoms. The van der Waals surface area contributed by atoms with Crippen LogP contribution < -0.4 is 5.56 Å². The van der Waals surface area contributed by atoms with Gasteiger partial charge in [0.1, 0.15) is 4.83 Å². The summed E-state index contributed by atoms with van der Waals surface area (Å²) in [5.74, 6) is 0.225. The van der Waals surface area contributed by atoms with Gasteiger partial charge in [0.25, 0.3) is 5.56 Å². The predicted molar refractivity (Wildman–Crippen MR) is 125 cm³/mol. The molecule has 0 spiro atoms. The van der Waals surface area contributed by atoms with E-state index in [1.54, 1.807) is 27.9 Å². The number of hydrogen-bond donors (Lipinski definition) is 0. The number of carbonyl (C=O) groups is 1. The summed E-state index contributed by atoms with van der Waals surface area (Å²) in [6.07, 6.45) is 4.32. The van der Waals surface area contributed by atoms with E-state index in [-0.39, 0.29) is 17.2 Å². The average molecular weight is 462 g/mol. The first-order valence-corrected chi connectivity index (χ1v) is 12.3. The second kappa shape index (κ2) is 9.12. The molecule has 30 heavy (non-hydrogen) atoms. The first kappa shape index (κ1) is 21.4. The third kappa shape index (κ3) is 4.29. The molecule has 5 nitrogen and oxygen atoms in total. The number of fused-ring (bicyclic) bond motifs is 3. The number of carbonyl (C=O) groups excluding carboxylic acids is 1. The fourth-order valence-electron chi connectivity index (χ4n) is 3.84. The molecule has 3 aromatic rings. The quantitative estimate of drug-likeness (QED) is 0.392. The molecule has 0 saturated heterocycles. The van der Waals surface area contributed by atoms with Gasteiger partial charge in [-0.25, -0.2) is 4.98 Å². The molecule has 1 aliphatic rings. The molecular weight excluding hydrogens is 438 g/mol. The summed E-state index contributed by atoms with van der Waals surface area (Å²) >= 11 is 9.02. The van der Waals surface area contributed by atoms with Crippen molar-refractivity contribution >= 4 is 50.8 Å². The second-order valence-corrected chi connectivity index (χ2v) is 9.97. The lowest BCUT2D eigenvalue weighted by Gasteiger charge is -2.18. The van der Waals surface area contributed by atoms with E-state index in [4.69, 9.17) is 16.6 Å². The van der Waals surface area contributed by atoms with Gasteiger partial charge in [0, 0.05) is 30.0 Å². The highest BCUT2D eigenvalue weighted by molar-refractivity contribution is 7.99. The van der Waals surface area contributed by atoms with Gasteiger partial charge >= 0.3 is 0 Å². The molecule has 2 aromatic heterocycles. The number of aryl methyl sites for hydroxylation is 2. The SMILES string of the molecule is CCn1c(SCC(=O)N(C)Cc2cccc(Cl)c2)nc2sc3c(c2c1=O)CCCC3. The van der Waals surface area contributed by atoms with Crippen LogP contribution in [0, 0.1) is 0 Å². The van der Waals surface area contributed by atoms with Gasteiger partial charge in [0.2, 0.25) is 5.91 Å². The maximum absolute atomic E-state index is 13.2. The summed E-state index contributed by atoms with van der Waals surface area (Å²) in [6, 6.07) is 7.51. The van der Waals surface area contributed by atoms with E-state index < -0.39 is 0 Å². The smallest absolute Gasteiger partial charge is 0.263 e. The number of amides is 1. The van der Waals surface area contributed by atoms with Gasteiger partial charge in [-0.3, -0.25) is 14.2 Å². The van der Waals surface area contributed by atoms with Crippen molar-refractivity contribution < 1.29 is 4.79 Å². The van der Waals surface area contributed by atoms with Crippen molar-refractivity contribution in [1.82, 2.24) is 14.5 Å². The maximum Gasteiger partial charge on any atom is 0.263 e. The Labute approximate surface area is 189 Å². The van der Waals surface area contributed by atoms with Crippen molar-refractivity contribution in [1.29, 1.82) is 0 Å². The Balaban J connectivity index is 1.53. The summed E-state index contributed by atoms with van der Waals surface area (Å²) in [6.45, 7) is 2.98. The van der Waals surface area contributed by atoms with Crippen LogP contribution in [0.5, 0.6) is 0 Å². The lowest BCUT2D eigenvalue weighted by atomic mass is 9.97. The van der Waals surface area contributed by atoms with Crippen LogP contribution in [0.2, 0.25) is 5.02 Å². The molecule has 1 aromatic carbocycles. The average Bonchev–Trinajstić information content (AvgIpc) is 3.10. The topological polar surface area (TPSA) is 55.2 Å². The van der Waals surface area contributed by atoms with Gasteiger partial charge in [-0.2, -0.15) is 0 Å². The van der Waals surface area contributed by atoms with E-state index in [1.807, 2.05) is 31.2 Å². The van der Waals surface area contributed by atoms with Crippen molar-refractivity contribution in [3.8, 4) is 0 Å². The molecule has 2 heterocycles. The molecule has 0 unspecified atom stereocenters. The first-order valence-electron chi connectivity index (χ1n) is 10.1. The Morgan fingerprint density at radius 1 is 1.33 bits per heavy atom. The van der Waals surface area contributed by atoms with E-state index in [0.717, 1.165) is 35.0 Å². The molecule has 0 fully saturated rings. The van der Waals surface area contributed by atoms with E-state index in [1.165, 1.54) is 28.6 Å². The Kier molecular flexibility index (Phi) is 6.51. The van der Waals surface area contributed by atoms with Crippen molar-refractivity contribution in [3.63, 3.8) is 0 Å². The zero-order valence-corrected chi connectivity index (χ0v) is 19.5. The molecule has 0 radical (unpaired) electrons. The molecular formula is C22H24ClN3O2S2. The lowest BCUT2D eigenvalue weighted by Crippen LogP contribution is -2.28. The van der Waals surface area contributed by atoms with Crippen LogP contribution in [-0.4, -0.2) is 33.2 Å². The summed E-state index contributed by atoms with van der Waals surface area (Å²) in [4.78, 5) is 34.4. The number of thioether (sulfide) groups is 1. The third-order valence-electron chi connectivity index (χ3n) is 5.42. The van der Waals surface area contributed by atoms with Crippen LogP contribution >= 0.6 is 34.7 Å². The van der Waals surface area contributed by atoms with Crippen LogP contribution in [-0.2, 0) is 30.7 Å². The molecule has 0 N–H and O–H groups in total. The summed E-state index contributed by atoms with van der Waals surface area (Å²) in [5.41, 5.74) is 2.22. The fraction of sp³-hybridized carbons (Fsp3) is 0.409. The molecule has 0 bridgehead atoms. The Morgan fingerprint density at radius 2 is 2.13 bits per heavy atom. The molecule has 0 aliphatic heterocycles. The van der Waals surface area contributed by atoms with Gasteiger partial charge < -0.3 is 4.90 Å². The fourth-order valence-corrected chi connectivity index (χ4v) is 6.36. The van der Waals surface area contributed by atoms with E-state index in [2.05, 4.69) is 0 Å². The van der Waals surface area contributed by atoms with Gasteiger partial charge in [0.15, 0.2) is 5.16 Å². The van der Waals surface area contributed by atoms with E-state index in [9.17, 15) is 9.59 Å². The number of aromatic nitrogens is 2. The summed E-state index contributed by atoms with van der Waals surface area (Å²) < 4.78 is 1.71. The maximum atomic E-state index is 13.2. The first-order chi connectivity index (χ1) is 14.5. The Hall–Kier alpha value is -1.83.